The normalized spacial score (nSPS) is 10.3. The maximum atomic E-state index is 11.8. The number of halogens is 1. The van der Waals surface area contributed by atoms with Crippen molar-refractivity contribution >= 4 is 17.6 Å². The van der Waals surface area contributed by atoms with E-state index in [9.17, 15) is 9.90 Å². The lowest BCUT2D eigenvalue weighted by atomic mass is 10.2. The van der Waals surface area contributed by atoms with Crippen LogP contribution in [0, 0.1) is 6.92 Å². The van der Waals surface area contributed by atoms with Crippen LogP contribution in [0.15, 0.2) is 36.4 Å². The van der Waals surface area contributed by atoms with Gasteiger partial charge in [0.25, 0.3) is 0 Å². The molecule has 2 rings (SSSR count). The molecule has 2 aromatic carbocycles. The third-order valence-electron chi connectivity index (χ3n) is 2.93. The molecule has 0 radical (unpaired) electrons. The lowest BCUT2D eigenvalue weighted by molar-refractivity contribution is 0.0447. The van der Waals surface area contributed by atoms with Crippen LogP contribution >= 0.6 is 11.6 Å². The van der Waals surface area contributed by atoms with E-state index in [0.717, 1.165) is 11.6 Å². The zero-order valence-corrected chi connectivity index (χ0v) is 12.6. The fourth-order valence-electron chi connectivity index (χ4n) is 1.85. The van der Waals surface area contributed by atoms with E-state index in [-0.39, 0.29) is 30.3 Å². The van der Waals surface area contributed by atoms with Gasteiger partial charge < -0.3 is 19.7 Å². The van der Waals surface area contributed by atoms with Crippen LogP contribution in [0.3, 0.4) is 0 Å². The number of phenols is 2. The summed E-state index contributed by atoms with van der Waals surface area (Å²) < 4.78 is 10.5. The molecule has 0 atom stereocenters. The molecular formula is C16H15ClO5. The van der Waals surface area contributed by atoms with Crippen LogP contribution in [0.25, 0.3) is 0 Å². The molecule has 5 nitrogen and oxygen atoms in total. The van der Waals surface area contributed by atoms with Crippen molar-refractivity contribution in [2.45, 2.75) is 6.92 Å². The van der Waals surface area contributed by atoms with Crippen LogP contribution < -0.4 is 4.74 Å². The number of para-hydroxylation sites is 1. The van der Waals surface area contributed by atoms with Crippen molar-refractivity contribution < 1.29 is 24.5 Å². The van der Waals surface area contributed by atoms with Gasteiger partial charge in [-0.3, -0.25) is 0 Å². The minimum Gasteiger partial charge on any atom is -0.508 e. The van der Waals surface area contributed by atoms with E-state index in [0.29, 0.717) is 10.8 Å². The molecule has 0 saturated heterocycles. The smallest absolute Gasteiger partial charge is 0.342 e. The number of hydrogen-bond donors (Lipinski definition) is 2. The summed E-state index contributed by atoms with van der Waals surface area (Å²) in [6.07, 6.45) is 0. The summed E-state index contributed by atoms with van der Waals surface area (Å²) in [4.78, 5) is 11.8. The molecule has 22 heavy (non-hydrogen) atoms. The van der Waals surface area contributed by atoms with Crippen LogP contribution in [-0.2, 0) is 4.74 Å². The van der Waals surface area contributed by atoms with Crippen LogP contribution in [0.4, 0.5) is 0 Å². The molecule has 0 aliphatic heterocycles. The zero-order chi connectivity index (χ0) is 16.1. The minimum absolute atomic E-state index is 0.00378. The number of phenolic OH excluding ortho intramolecular Hbond substituents is 2. The standard InChI is InChI=1S/C16H15ClO5/c1-10-3-2-4-13(17)15(10)21-7-8-22-16(20)12-6-5-11(18)9-14(12)19/h2-6,9,18-19H,7-8H2,1H3. The summed E-state index contributed by atoms with van der Waals surface area (Å²) in [5, 5.41) is 19.2. The van der Waals surface area contributed by atoms with Gasteiger partial charge in [0, 0.05) is 6.07 Å². The Kier molecular flexibility index (Phi) is 5.12. The van der Waals surface area contributed by atoms with Crippen molar-refractivity contribution in [1.82, 2.24) is 0 Å². The topological polar surface area (TPSA) is 76.0 Å². The molecule has 0 aliphatic rings. The van der Waals surface area contributed by atoms with Crippen LogP contribution in [0.2, 0.25) is 5.02 Å². The summed E-state index contributed by atoms with van der Waals surface area (Å²) in [6, 6.07) is 9.04. The predicted molar refractivity (Wildman–Crippen MR) is 81.7 cm³/mol. The largest absolute Gasteiger partial charge is 0.508 e. The lowest BCUT2D eigenvalue weighted by Gasteiger charge is -2.11. The van der Waals surface area contributed by atoms with Gasteiger partial charge in [-0.25, -0.2) is 4.79 Å². The van der Waals surface area contributed by atoms with Gasteiger partial charge in [-0.05, 0) is 30.7 Å². The number of benzene rings is 2. The molecule has 0 amide bonds. The number of carbonyl (C=O) groups excluding carboxylic acids is 1. The first kappa shape index (κ1) is 16.0. The van der Waals surface area contributed by atoms with Crippen molar-refractivity contribution in [3.8, 4) is 17.2 Å². The van der Waals surface area contributed by atoms with Crippen LogP contribution in [0.1, 0.15) is 15.9 Å². The second-order valence-corrected chi connectivity index (χ2v) is 4.98. The van der Waals surface area contributed by atoms with Gasteiger partial charge in [0.05, 0.1) is 5.02 Å². The zero-order valence-electron chi connectivity index (χ0n) is 11.9. The monoisotopic (exact) mass is 322 g/mol. The van der Waals surface area contributed by atoms with E-state index in [1.807, 2.05) is 19.1 Å². The van der Waals surface area contributed by atoms with Crippen molar-refractivity contribution in [2.24, 2.45) is 0 Å². The molecule has 0 spiro atoms. The highest BCUT2D eigenvalue weighted by molar-refractivity contribution is 6.32. The molecule has 0 saturated carbocycles. The minimum atomic E-state index is -0.697. The van der Waals surface area contributed by atoms with Gasteiger partial charge in [-0.15, -0.1) is 0 Å². The Morgan fingerprint density at radius 3 is 2.64 bits per heavy atom. The number of aryl methyl sites for hydroxylation is 1. The summed E-state index contributed by atoms with van der Waals surface area (Å²) in [7, 11) is 0. The molecule has 0 bridgehead atoms. The number of aromatic hydroxyl groups is 2. The molecule has 6 heteroatoms. The molecule has 116 valence electrons. The first-order valence-corrected chi connectivity index (χ1v) is 6.94. The predicted octanol–water partition coefficient (Wildman–Crippen LogP) is 3.30. The van der Waals surface area contributed by atoms with Crippen LogP contribution in [-0.4, -0.2) is 29.4 Å². The number of carbonyl (C=O) groups is 1. The average Bonchev–Trinajstić information content (AvgIpc) is 2.45. The number of rotatable bonds is 5. The molecule has 2 N–H and O–H groups in total. The fraction of sp³-hybridized carbons (Fsp3) is 0.188. The third-order valence-corrected chi connectivity index (χ3v) is 3.23. The molecule has 0 heterocycles. The van der Waals surface area contributed by atoms with Gasteiger partial charge in [-0.2, -0.15) is 0 Å². The fourth-order valence-corrected chi connectivity index (χ4v) is 2.12. The maximum absolute atomic E-state index is 11.8. The van der Waals surface area contributed by atoms with E-state index in [1.54, 1.807) is 6.07 Å². The molecule has 0 unspecified atom stereocenters. The summed E-state index contributed by atoms with van der Waals surface area (Å²) in [5.41, 5.74) is 0.863. The quantitative estimate of drug-likeness (QED) is 0.652. The Morgan fingerprint density at radius 2 is 1.95 bits per heavy atom. The Bertz CT molecular complexity index is 664. The SMILES string of the molecule is Cc1cccc(Cl)c1OCCOC(=O)c1ccc(O)cc1O. The maximum Gasteiger partial charge on any atom is 0.342 e. The van der Waals surface area contributed by atoms with Gasteiger partial charge in [0.2, 0.25) is 0 Å². The van der Waals surface area contributed by atoms with Gasteiger partial charge >= 0.3 is 5.97 Å². The Morgan fingerprint density at radius 1 is 1.18 bits per heavy atom. The number of esters is 1. The third kappa shape index (κ3) is 3.83. The van der Waals surface area contributed by atoms with E-state index in [2.05, 4.69) is 0 Å². The average molecular weight is 323 g/mol. The first-order valence-electron chi connectivity index (χ1n) is 6.56. The second kappa shape index (κ2) is 7.04. The highest BCUT2D eigenvalue weighted by atomic mass is 35.5. The Labute approximate surface area is 132 Å². The highest BCUT2D eigenvalue weighted by Crippen LogP contribution is 2.28. The van der Waals surface area contributed by atoms with Gasteiger partial charge in [-0.1, -0.05) is 23.7 Å². The van der Waals surface area contributed by atoms with E-state index >= 15 is 0 Å². The van der Waals surface area contributed by atoms with E-state index < -0.39 is 5.97 Å². The first-order chi connectivity index (χ1) is 10.5. The highest BCUT2D eigenvalue weighted by Gasteiger charge is 2.13. The Hall–Kier alpha value is -2.40. The van der Waals surface area contributed by atoms with Crippen molar-refractivity contribution in [2.75, 3.05) is 13.2 Å². The van der Waals surface area contributed by atoms with Gasteiger partial charge in [0.1, 0.15) is 36.0 Å². The number of ether oxygens (including phenoxy) is 2. The van der Waals surface area contributed by atoms with E-state index in [4.69, 9.17) is 26.2 Å². The summed E-state index contributed by atoms with van der Waals surface area (Å²) >= 11 is 6.01. The molecule has 0 fully saturated rings. The van der Waals surface area contributed by atoms with Crippen molar-refractivity contribution in [3.63, 3.8) is 0 Å². The van der Waals surface area contributed by atoms with Gasteiger partial charge in [0.15, 0.2) is 0 Å². The van der Waals surface area contributed by atoms with Crippen molar-refractivity contribution in [3.05, 3.63) is 52.5 Å². The molecule has 0 aromatic heterocycles. The molecule has 0 aliphatic carbocycles. The van der Waals surface area contributed by atoms with E-state index in [1.165, 1.54) is 12.1 Å². The summed E-state index contributed by atoms with van der Waals surface area (Å²) in [6.45, 7) is 2.00. The number of hydrogen-bond acceptors (Lipinski definition) is 5. The molecular weight excluding hydrogens is 308 g/mol. The lowest BCUT2D eigenvalue weighted by Crippen LogP contribution is -2.13. The second-order valence-electron chi connectivity index (χ2n) is 4.57. The summed E-state index contributed by atoms with van der Waals surface area (Å²) in [5.74, 6) is -0.621. The molecule has 2 aromatic rings. The van der Waals surface area contributed by atoms with Crippen molar-refractivity contribution in [1.29, 1.82) is 0 Å². The Balaban J connectivity index is 1.87. The van der Waals surface area contributed by atoms with Crippen LogP contribution in [0.5, 0.6) is 17.2 Å².